The van der Waals surface area contributed by atoms with E-state index in [9.17, 15) is 13.2 Å². The zero-order valence-electron chi connectivity index (χ0n) is 18.5. The molecule has 0 spiro atoms. The minimum Gasteiger partial charge on any atom is -0.379 e. The number of hydrogen-bond acceptors (Lipinski definition) is 5. The van der Waals surface area contributed by atoms with Crippen LogP contribution in [0.4, 0.5) is 11.4 Å². The summed E-state index contributed by atoms with van der Waals surface area (Å²) in [7, 11) is -3.56. The van der Waals surface area contributed by atoms with Gasteiger partial charge in [0.15, 0.2) is 0 Å². The van der Waals surface area contributed by atoms with Crippen LogP contribution in [0, 0.1) is 0 Å². The number of carbonyl (C=O) groups is 1. The Hall–Kier alpha value is -2.94. The molecule has 1 heterocycles. The number of rotatable bonds is 6. The summed E-state index contributed by atoms with van der Waals surface area (Å²) in [6.45, 7) is 3.31. The summed E-state index contributed by atoms with van der Waals surface area (Å²) in [6, 6.07) is 16.3. The third kappa shape index (κ3) is 4.21. The second-order valence-electron chi connectivity index (χ2n) is 8.51. The van der Waals surface area contributed by atoms with E-state index in [4.69, 9.17) is 4.74 Å². The van der Waals surface area contributed by atoms with Gasteiger partial charge in [-0.25, -0.2) is 8.42 Å². The van der Waals surface area contributed by atoms with Crippen molar-refractivity contribution in [1.29, 1.82) is 0 Å². The number of benzene rings is 3. The lowest BCUT2D eigenvalue weighted by Gasteiger charge is -2.26. The SMILES string of the molecule is CC(Nc1ccc2c3c(cccc13)CC2)C(=O)Nc1ccc(S(=O)(=O)N2CCOCC2)cc1. The molecule has 1 fully saturated rings. The van der Waals surface area contributed by atoms with Crippen molar-refractivity contribution in [3.8, 4) is 0 Å². The lowest BCUT2D eigenvalue weighted by atomic mass is 10.0. The van der Waals surface area contributed by atoms with Crippen molar-refractivity contribution < 1.29 is 17.9 Å². The van der Waals surface area contributed by atoms with Gasteiger partial charge in [-0.1, -0.05) is 24.3 Å². The molecule has 0 saturated carbocycles. The summed E-state index contributed by atoms with van der Waals surface area (Å²) in [5.41, 5.74) is 4.20. The fourth-order valence-corrected chi connectivity index (χ4v) is 5.98. The Morgan fingerprint density at radius 2 is 1.67 bits per heavy atom. The molecule has 1 aliphatic carbocycles. The Bertz CT molecular complexity index is 1290. The van der Waals surface area contributed by atoms with Crippen LogP contribution in [0.15, 0.2) is 59.5 Å². The standard InChI is InChI=1S/C25H27N3O4S/c1-17(26-23-12-7-19-6-5-18-3-2-4-22(23)24(18)19)25(29)27-20-8-10-21(11-9-20)33(30,31)28-13-15-32-16-14-28/h2-4,7-12,17,26H,5-6,13-16H2,1H3,(H,27,29). The first-order valence-corrected chi connectivity index (χ1v) is 12.7. The zero-order chi connectivity index (χ0) is 23.0. The summed E-state index contributed by atoms with van der Waals surface area (Å²) in [4.78, 5) is 13.0. The van der Waals surface area contributed by atoms with Crippen LogP contribution in [0.2, 0.25) is 0 Å². The van der Waals surface area contributed by atoms with E-state index in [1.807, 2.05) is 13.0 Å². The second-order valence-corrected chi connectivity index (χ2v) is 10.4. The Balaban J connectivity index is 1.27. The summed E-state index contributed by atoms with van der Waals surface area (Å²) >= 11 is 0. The molecule has 1 unspecified atom stereocenters. The summed E-state index contributed by atoms with van der Waals surface area (Å²) in [6.07, 6.45) is 2.12. The maximum Gasteiger partial charge on any atom is 0.246 e. The third-order valence-electron chi connectivity index (χ3n) is 6.37. The fourth-order valence-electron chi connectivity index (χ4n) is 4.57. The van der Waals surface area contributed by atoms with Crippen LogP contribution in [-0.4, -0.2) is 51.0 Å². The number of hydrogen-bond donors (Lipinski definition) is 2. The molecule has 0 bridgehead atoms. The molecular formula is C25H27N3O4S. The van der Waals surface area contributed by atoms with Gasteiger partial charge < -0.3 is 15.4 Å². The van der Waals surface area contributed by atoms with Crippen LogP contribution in [0.25, 0.3) is 10.8 Å². The van der Waals surface area contributed by atoms with Crippen molar-refractivity contribution in [2.24, 2.45) is 0 Å². The minimum atomic E-state index is -3.56. The molecule has 2 aliphatic rings. The van der Waals surface area contributed by atoms with Gasteiger partial charge in [0, 0.05) is 29.9 Å². The van der Waals surface area contributed by atoms with Crippen LogP contribution >= 0.6 is 0 Å². The van der Waals surface area contributed by atoms with Crippen molar-refractivity contribution in [1.82, 2.24) is 4.31 Å². The molecule has 0 radical (unpaired) electrons. The molecule has 1 amide bonds. The van der Waals surface area contributed by atoms with E-state index in [1.165, 1.54) is 33.0 Å². The highest BCUT2D eigenvalue weighted by atomic mass is 32.2. The van der Waals surface area contributed by atoms with E-state index >= 15 is 0 Å². The average molecular weight is 466 g/mol. The smallest absolute Gasteiger partial charge is 0.246 e. The number of aryl methyl sites for hydroxylation is 2. The second kappa shape index (κ2) is 8.78. The predicted molar refractivity (Wildman–Crippen MR) is 129 cm³/mol. The van der Waals surface area contributed by atoms with Crippen LogP contribution in [0.5, 0.6) is 0 Å². The Morgan fingerprint density at radius 3 is 2.39 bits per heavy atom. The Morgan fingerprint density at radius 1 is 0.970 bits per heavy atom. The monoisotopic (exact) mass is 465 g/mol. The van der Waals surface area contributed by atoms with Gasteiger partial charge >= 0.3 is 0 Å². The molecule has 7 nitrogen and oxygen atoms in total. The van der Waals surface area contributed by atoms with E-state index < -0.39 is 16.1 Å². The van der Waals surface area contributed by atoms with Crippen LogP contribution in [-0.2, 0) is 32.4 Å². The lowest BCUT2D eigenvalue weighted by molar-refractivity contribution is -0.116. The highest BCUT2D eigenvalue weighted by Crippen LogP contribution is 2.35. The van der Waals surface area contributed by atoms with Crippen LogP contribution in [0.3, 0.4) is 0 Å². The predicted octanol–water partition coefficient (Wildman–Crippen LogP) is 3.40. The Labute approximate surface area is 193 Å². The van der Waals surface area contributed by atoms with E-state index in [0.29, 0.717) is 32.0 Å². The first kappa shape index (κ1) is 21.9. The lowest BCUT2D eigenvalue weighted by Crippen LogP contribution is -2.40. The van der Waals surface area contributed by atoms with E-state index in [0.717, 1.165) is 23.9 Å². The molecule has 1 saturated heterocycles. The van der Waals surface area contributed by atoms with Gasteiger partial charge in [0.05, 0.1) is 18.1 Å². The highest BCUT2D eigenvalue weighted by Gasteiger charge is 2.26. The van der Waals surface area contributed by atoms with Gasteiger partial charge in [0.25, 0.3) is 0 Å². The molecule has 33 heavy (non-hydrogen) atoms. The Kier molecular flexibility index (Phi) is 5.82. The summed E-state index contributed by atoms with van der Waals surface area (Å²) in [5, 5.41) is 8.65. The van der Waals surface area contributed by atoms with Crippen molar-refractivity contribution in [3.05, 3.63) is 65.7 Å². The molecular weight excluding hydrogens is 438 g/mol. The number of anilines is 2. The van der Waals surface area contributed by atoms with Crippen molar-refractivity contribution in [2.75, 3.05) is 36.9 Å². The normalized spacial score (nSPS) is 17.1. The van der Waals surface area contributed by atoms with Crippen LogP contribution in [0.1, 0.15) is 18.1 Å². The van der Waals surface area contributed by atoms with Gasteiger partial charge in [-0.3, -0.25) is 4.79 Å². The van der Waals surface area contributed by atoms with E-state index in [1.54, 1.807) is 12.1 Å². The highest BCUT2D eigenvalue weighted by molar-refractivity contribution is 7.89. The van der Waals surface area contributed by atoms with Gasteiger partial charge in [-0.15, -0.1) is 0 Å². The van der Waals surface area contributed by atoms with Crippen molar-refractivity contribution in [2.45, 2.75) is 30.7 Å². The summed E-state index contributed by atoms with van der Waals surface area (Å²) < 4.78 is 32.2. The van der Waals surface area contributed by atoms with Crippen molar-refractivity contribution >= 4 is 38.1 Å². The average Bonchev–Trinajstić information content (AvgIpc) is 3.26. The number of amides is 1. The number of carbonyl (C=O) groups excluding carboxylic acids is 1. The molecule has 8 heteroatoms. The van der Waals surface area contributed by atoms with Gasteiger partial charge in [0.1, 0.15) is 6.04 Å². The quantitative estimate of drug-likeness (QED) is 0.583. The number of nitrogens with zero attached hydrogens (tertiary/aromatic N) is 1. The number of ether oxygens (including phenoxy) is 1. The van der Waals surface area contributed by atoms with Gasteiger partial charge in [-0.2, -0.15) is 4.31 Å². The molecule has 2 N–H and O–H groups in total. The molecule has 5 rings (SSSR count). The molecule has 3 aromatic carbocycles. The number of nitrogens with one attached hydrogen (secondary N) is 2. The largest absolute Gasteiger partial charge is 0.379 e. The van der Waals surface area contributed by atoms with E-state index in [-0.39, 0.29) is 10.8 Å². The molecule has 1 atom stereocenters. The zero-order valence-corrected chi connectivity index (χ0v) is 19.3. The summed E-state index contributed by atoms with van der Waals surface area (Å²) in [5.74, 6) is -0.193. The maximum absolute atomic E-state index is 12.8. The minimum absolute atomic E-state index is 0.193. The maximum atomic E-state index is 12.8. The van der Waals surface area contributed by atoms with Crippen LogP contribution < -0.4 is 10.6 Å². The third-order valence-corrected chi connectivity index (χ3v) is 8.28. The fraction of sp³-hybridized carbons (Fsp3) is 0.320. The topological polar surface area (TPSA) is 87.7 Å². The van der Waals surface area contributed by atoms with Crippen molar-refractivity contribution in [3.63, 3.8) is 0 Å². The molecule has 3 aromatic rings. The number of morpholine rings is 1. The van der Waals surface area contributed by atoms with Gasteiger partial charge in [-0.05, 0) is 66.6 Å². The van der Waals surface area contributed by atoms with Gasteiger partial charge in [0.2, 0.25) is 15.9 Å². The first-order chi connectivity index (χ1) is 15.9. The molecule has 1 aliphatic heterocycles. The molecule has 0 aromatic heterocycles. The first-order valence-electron chi connectivity index (χ1n) is 11.2. The number of sulfonamides is 1. The van der Waals surface area contributed by atoms with E-state index in [2.05, 4.69) is 34.9 Å². The molecule has 172 valence electrons.